The lowest BCUT2D eigenvalue weighted by Crippen LogP contribution is -3.14. The first-order valence-electron chi connectivity index (χ1n) is 8.63. The zero-order valence-corrected chi connectivity index (χ0v) is 15.9. The fourth-order valence-electron chi connectivity index (χ4n) is 2.50. The Bertz CT molecular complexity index is 618. The van der Waals surface area contributed by atoms with Gasteiger partial charge in [0.25, 0.3) is 0 Å². The summed E-state index contributed by atoms with van der Waals surface area (Å²) in [6.07, 6.45) is 3.37. The number of hydrogen-bond acceptors (Lipinski definition) is 5. The summed E-state index contributed by atoms with van der Waals surface area (Å²) in [5, 5.41) is 7.82. The number of methoxy groups -OCH3 is 1. The van der Waals surface area contributed by atoms with Crippen molar-refractivity contribution in [3.05, 3.63) is 36.4 Å². The molecule has 0 amide bonds. The molecule has 0 aliphatic carbocycles. The molecule has 3 N–H and O–H groups in total. The summed E-state index contributed by atoms with van der Waals surface area (Å²) in [7, 11) is 1.60. The molecule has 0 atom stereocenters. The van der Waals surface area contributed by atoms with E-state index in [4.69, 9.17) is 26.4 Å². The minimum Gasteiger partial charge on any atom is -0.493 e. The zero-order chi connectivity index (χ0) is 18.6. The number of quaternary nitrogens is 1. The molecule has 2 rings (SSSR count). The summed E-state index contributed by atoms with van der Waals surface area (Å²) in [6.45, 7) is 9.65. The molecule has 0 spiro atoms. The number of ether oxygens (including phenoxy) is 3. The van der Waals surface area contributed by atoms with E-state index in [1.807, 2.05) is 18.2 Å². The molecule has 0 aromatic heterocycles. The van der Waals surface area contributed by atoms with E-state index in [-0.39, 0.29) is 0 Å². The van der Waals surface area contributed by atoms with Gasteiger partial charge in [-0.05, 0) is 36.0 Å². The molecule has 26 heavy (non-hydrogen) atoms. The van der Waals surface area contributed by atoms with Crippen molar-refractivity contribution in [3.63, 3.8) is 0 Å². The first-order valence-corrected chi connectivity index (χ1v) is 9.03. The van der Waals surface area contributed by atoms with Gasteiger partial charge in [0.05, 0.1) is 39.6 Å². The van der Waals surface area contributed by atoms with Gasteiger partial charge in [0.15, 0.2) is 16.6 Å². The molecule has 7 nitrogen and oxygen atoms in total. The van der Waals surface area contributed by atoms with Gasteiger partial charge in [0.1, 0.15) is 19.7 Å². The van der Waals surface area contributed by atoms with Crippen LogP contribution in [0.25, 0.3) is 0 Å². The third-order valence-corrected chi connectivity index (χ3v) is 4.12. The van der Waals surface area contributed by atoms with Crippen molar-refractivity contribution in [2.45, 2.75) is 0 Å². The topological polar surface area (TPSA) is 68.5 Å². The summed E-state index contributed by atoms with van der Waals surface area (Å²) in [5.74, 6) is 1.31. The number of benzene rings is 1. The molecule has 1 heterocycles. The second-order valence-corrected chi connectivity index (χ2v) is 6.16. The Morgan fingerprint density at radius 1 is 1.38 bits per heavy atom. The molecular weight excluding hydrogens is 352 g/mol. The highest BCUT2D eigenvalue weighted by atomic mass is 32.1. The van der Waals surface area contributed by atoms with Gasteiger partial charge in [0.2, 0.25) is 0 Å². The predicted molar refractivity (Wildman–Crippen MR) is 106 cm³/mol. The van der Waals surface area contributed by atoms with E-state index >= 15 is 0 Å². The summed E-state index contributed by atoms with van der Waals surface area (Å²) < 4.78 is 16.2. The zero-order valence-electron chi connectivity index (χ0n) is 15.1. The van der Waals surface area contributed by atoms with Crippen LogP contribution in [-0.2, 0) is 4.74 Å². The van der Waals surface area contributed by atoms with Crippen molar-refractivity contribution in [3.8, 4) is 11.5 Å². The van der Waals surface area contributed by atoms with Crippen molar-refractivity contribution in [1.82, 2.24) is 10.7 Å². The SMILES string of the molecule is C=CCOc1ccc(/C=N\NC(=S)NCC[NH+]2CCOCC2)cc1OC. The van der Waals surface area contributed by atoms with Gasteiger partial charge < -0.3 is 24.4 Å². The van der Waals surface area contributed by atoms with E-state index in [1.54, 1.807) is 19.4 Å². The van der Waals surface area contributed by atoms with Crippen LogP contribution in [0, 0.1) is 0 Å². The van der Waals surface area contributed by atoms with Crippen molar-refractivity contribution in [1.29, 1.82) is 0 Å². The van der Waals surface area contributed by atoms with Gasteiger partial charge in [-0.1, -0.05) is 12.7 Å². The number of hydrazone groups is 1. The minimum atomic E-state index is 0.428. The van der Waals surface area contributed by atoms with Crippen LogP contribution in [0.3, 0.4) is 0 Å². The van der Waals surface area contributed by atoms with Crippen molar-refractivity contribution >= 4 is 23.5 Å². The highest BCUT2D eigenvalue weighted by Gasteiger charge is 2.12. The molecule has 1 aromatic rings. The molecule has 1 aliphatic rings. The molecule has 1 saturated heterocycles. The van der Waals surface area contributed by atoms with Gasteiger partial charge in [-0.25, -0.2) is 0 Å². The second kappa shape index (κ2) is 11.5. The highest BCUT2D eigenvalue weighted by molar-refractivity contribution is 7.80. The van der Waals surface area contributed by atoms with Crippen molar-refractivity contribution in [2.75, 3.05) is 53.1 Å². The van der Waals surface area contributed by atoms with E-state index < -0.39 is 0 Å². The molecule has 1 fully saturated rings. The summed E-state index contributed by atoms with van der Waals surface area (Å²) in [4.78, 5) is 1.53. The van der Waals surface area contributed by atoms with Crippen molar-refractivity contribution < 1.29 is 19.1 Å². The van der Waals surface area contributed by atoms with Crippen LogP contribution in [0.5, 0.6) is 11.5 Å². The lowest BCUT2D eigenvalue weighted by molar-refractivity contribution is -0.906. The van der Waals surface area contributed by atoms with Gasteiger partial charge in [0, 0.05) is 0 Å². The summed E-state index contributed by atoms with van der Waals surface area (Å²) in [6, 6.07) is 5.58. The monoisotopic (exact) mass is 379 g/mol. The van der Waals surface area contributed by atoms with Gasteiger partial charge in [-0.15, -0.1) is 0 Å². The number of thiocarbonyl (C=S) groups is 1. The van der Waals surface area contributed by atoms with E-state index in [1.165, 1.54) is 4.90 Å². The third-order valence-electron chi connectivity index (χ3n) is 3.89. The average Bonchev–Trinajstić information content (AvgIpc) is 2.67. The maximum absolute atomic E-state index is 5.53. The van der Waals surface area contributed by atoms with Gasteiger partial charge in [-0.2, -0.15) is 5.10 Å². The number of hydrogen-bond donors (Lipinski definition) is 3. The van der Waals surface area contributed by atoms with Crippen LogP contribution in [0.15, 0.2) is 36.0 Å². The molecule has 1 aliphatic heterocycles. The fraction of sp³-hybridized carbons (Fsp3) is 0.444. The largest absolute Gasteiger partial charge is 0.493 e. The van der Waals surface area contributed by atoms with Crippen LogP contribution in [-0.4, -0.2) is 64.4 Å². The lowest BCUT2D eigenvalue weighted by atomic mass is 10.2. The lowest BCUT2D eigenvalue weighted by Gasteiger charge is -2.23. The van der Waals surface area contributed by atoms with Crippen LogP contribution < -0.4 is 25.1 Å². The van der Waals surface area contributed by atoms with Crippen LogP contribution in [0.2, 0.25) is 0 Å². The predicted octanol–water partition coefficient (Wildman–Crippen LogP) is -0.0269. The van der Waals surface area contributed by atoms with Crippen LogP contribution in [0.4, 0.5) is 0 Å². The molecule has 1 aromatic carbocycles. The Hall–Kier alpha value is -2.16. The van der Waals surface area contributed by atoms with E-state index in [0.717, 1.165) is 45.0 Å². The normalized spacial score (nSPS) is 14.8. The quantitative estimate of drug-likeness (QED) is 0.242. The van der Waals surface area contributed by atoms with E-state index in [2.05, 4.69) is 22.4 Å². The Morgan fingerprint density at radius 2 is 2.19 bits per heavy atom. The summed E-state index contributed by atoms with van der Waals surface area (Å²) in [5.41, 5.74) is 3.70. The molecule has 0 radical (unpaired) electrons. The first kappa shape index (κ1) is 20.2. The van der Waals surface area contributed by atoms with E-state index in [0.29, 0.717) is 23.2 Å². The Morgan fingerprint density at radius 3 is 2.92 bits per heavy atom. The highest BCUT2D eigenvalue weighted by Crippen LogP contribution is 2.27. The van der Waals surface area contributed by atoms with Gasteiger partial charge >= 0.3 is 0 Å². The maximum Gasteiger partial charge on any atom is 0.187 e. The molecule has 8 heteroatoms. The Balaban J connectivity index is 1.74. The van der Waals surface area contributed by atoms with Crippen molar-refractivity contribution in [2.24, 2.45) is 5.10 Å². The number of morpholine rings is 1. The molecule has 142 valence electrons. The second-order valence-electron chi connectivity index (χ2n) is 5.75. The Kier molecular flexibility index (Phi) is 8.88. The number of rotatable bonds is 9. The Labute approximate surface area is 160 Å². The number of nitrogens with zero attached hydrogens (tertiary/aromatic N) is 1. The van der Waals surface area contributed by atoms with Crippen LogP contribution in [0.1, 0.15) is 5.56 Å². The fourth-order valence-corrected chi connectivity index (χ4v) is 2.66. The smallest absolute Gasteiger partial charge is 0.187 e. The molecule has 0 bridgehead atoms. The van der Waals surface area contributed by atoms with Gasteiger partial charge in [-0.3, -0.25) is 5.43 Å². The summed E-state index contributed by atoms with van der Waals surface area (Å²) >= 11 is 5.23. The van der Waals surface area contributed by atoms with Crippen LogP contribution >= 0.6 is 12.2 Å². The minimum absolute atomic E-state index is 0.428. The molecule has 0 saturated carbocycles. The third kappa shape index (κ3) is 6.99. The first-order chi connectivity index (χ1) is 12.7. The molecular formula is C18H27N4O3S+. The molecule has 0 unspecified atom stereocenters. The maximum atomic E-state index is 5.53. The number of nitrogens with one attached hydrogen (secondary N) is 3. The standard InChI is InChI=1S/C18H26N4O3S/c1-3-10-25-16-5-4-15(13-17(16)23-2)14-20-21-18(26)19-6-7-22-8-11-24-12-9-22/h3-5,13-14H,1,6-12H2,2H3,(H2,19,21,26)/p+1/b20-14-. The average molecular weight is 380 g/mol. The van der Waals surface area contributed by atoms with E-state index in [9.17, 15) is 0 Å².